The van der Waals surface area contributed by atoms with Gasteiger partial charge >= 0.3 is 12.1 Å². The molecule has 1 aromatic heterocycles. The number of aliphatic carboxylic acids is 1. The molecule has 0 radical (unpaired) electrons. The maximum absolute atomic E-state index is 11.6. The average molecular weight is 298 g/mol. The van der Waals surface area contributed by atoms with Gasteiger partial charge in [0.25, 0.3) is 0 Å². The summed E-state index contributed by atoms with van der Waals surface area (Å²) in [6.07, 6.45) is 2.37. The van der Waals surface area contributed by atoms with Gasteiger partial charge in [-0.15, -0.1) is 0 Å². The van der Waals surface area contributed by atoms with E-state index in [1.807, 2.05) is 0 Å². The van der Waals surface area contributed by atoms with Crippen LogP contribution in [0.1, 0.15) is 19.0 Å². The molecule has 1 atom stereocenters. The molecule has 1 heterocycles. The number of carboxylic acids is 1. The van der Waals surface area contributed by atoms with Crippen LogP contribution in [0.4, 0.5) is 4.79 Å². The summed E-state index contributed by atoms with van der Waals surface area (Å²) < 4.78 is 4.63. The maximum atomic E-state index is 11.6. The first-order chi connectivity index (χ1) is 10.0. The second-order valence-electron chi connectivity index (χ2n) is 4.14. The number of hydrogen-bond acceptors (Lipinski definition) is 5. The number of imidazole rings is 1. The number of alkyl carbamates (subject to hydrolysis) is 1. The molecule has 0 saturated carbocycles. The van der Waals surface area contributed by atoms with Crippen LogP contribution in [0, 0.1) is 0 Å². The highest BCUT2D eigenvalue weighted by Gasteiger charge is 2.20. The lowest BCUT2D eigenvalue weighted by Crippen LogP contribution is -2.43. The molecule has 0 bridgehead atoms. The normalized spacial score (nSPS) is 11.5. The molecule has 0 spiro atoms. The molecular weight excluding hydrogens is 280 g/mol. The van der Waals surface area contributed by atoms with E-state index in [9.17, 15) is 14.4 Å². The first kappa shape index (κ1) is 16.5. The van der Waals surface area contributed by atoms with Crippen molar-refractivity contribution in [2.24, 2.45) is 0 Å². The number of nitrogens with one attached hydrogen (secondary N) is 3. The lowest BCUT2D eigenvalue weighted by Gasteiger charge is -2.13. The second-order valence-corrected chi connectivity index (χ2v) is 4.14. The molecule has 0 fully saturated rings. The van der Waals surface area contributed by atoms with Crippen molar-refractivity contribution >= 4 is 18.0 Å². The van der Waals surface area contributed by atoms with Gasteiger partial charge in [0.2, 0.25) is 5.91 Å². The van der Waals surface area contributed by atoms with Crippen molar-refractivity contribution in [2.45, 2.75) is 25.8 Å². The Balaban J connectivity index is 2.35. The van der Waals surface area contributed by atoms with E-state index >= 15 is 0 Å². The average Bonchev–Trinajstić information content (AvgIpc) is 2.91. The molecular formula is C12H18N4O5. The van der Waals surface area contributed by atoms with E-state index < -0.39 is 24.0 Å². The maximum Gasteiger partial charge on any atom is 0.407 e. The molecule has 0 unspecified atom stereocenters. The van der Waals surface area contributed by atoms with Crippen LogP contribution in [-0.2, 0) is 20.7 Å². The van der Waals surface area contributed by atoms with Crippen LogP contribution in [-0.4, -0.2) is 52.2 Å². The number of ether oxygens (including phenoxy) is 1. The van der Waals surface area contributed by atoms with Crippen LogP contribution >= 0.6 is 0 Å². The third-order valence-electron chi connectivity index (χ3n) is 2.51. The van der Waals surface area contributed by atoms with Crippen molar-refractivity contribution in [2.75, 3.05) is 13.2 Å². The molecule has 9 heteroatoms. The van der Waals surface area contributed by atoms with Crippen molar-refractivity contribution in [1.29, 1.82) is 0 Å². The van der Waals surface area contributed by atoms with E-state index in [2.05, 4.69) is 25.3 Å². The molecule has 1 aromatic rings. The monoisotopic (exact) mass is 298 g/mol. The lowest BCUT2D eigenvalue weighted by atomic mass is 10.1. The van der Waals surface area contributed by atoms with Gasteiger partial charge in [-0.05, 0) is 6.92 Å². The number of carboxylic acid groups (broad SMARTS) is 1. The van der Waals surface area contributed by atoms with E-state index in [-0.39, 0.29) is 26.0 Å². The Morgan fingerprint density at radius 1 is 1.48 bits per heavy atom. The van der Waals surface area contributed by atoms with Gasteiger partial charge in [0.1, 0.15) is 6.04 Å². The number of aromatic amines is 1. The molecule has 0 saturated heterocycles. The van der Waals surface area contributed by atoms with Crippen molar-refractivity contribution in [1.82, 2.24) is 20.6 Å². The van der Waals surface area contributed by atoms with Gasteiger partial charge < -0.3 is 25.5 Å². The summed E-state index contributed by atoms with van der Waals surface area (Å²) in [6, 6.07) is -1.06. The summed E-state index contributed by atoms with van der Waals surface area (Å²) in [5.74, 6) is -1.62. The third kappa shape index (κ3) is 6.41. The Morgan fingerprint density at radius 3 is 2.81 bits per heavy atom. The highest BCUT2D eigenvalue weighted by molar-refractivity contribution is 5.84. The van der Waals surface area contributed by atoms with Crippen molar-refractivity contribution < 1.29 is 24.2 Å². The van der Waals surface area contributed by atoms with Crippen LogP contribution in [0.2, 0.25) is 0 Å². The summed E-state index contributed by atoms with van der Waals surface area (Å²) in [5.41, 5.74) is 0.604. The van der Waals surface area contributed by atoms with Crippen LogP contribution in [0.3, 0.4) is 0 Å². The summed E-state index contributed by atoms with van der Waals surface area (Å²) in [4.78, 5) is 40.3. The summed E-state index contributed by atoms with van der Waals surface area (Å²) in [6.45, 7) is 1.98. The Kier molecular flexibility index (Phi) is 6.72. The zero-order valence-corrected chi connectivity index (χ0v) is 11.6. The Labute approximate surface area is 121 Å². The molecule has 0 aliphatic carbocycles. The number of carbonyl (C=O) groups is 3. The van der Waals surface area contributed by atoms with E-state index in [4.69, 9.17) is 5.11 Å². The summed E-state index contributed by atoms with van der Waals surface area (Å²) in [5, 5.41) is 13.8. The van der Waals surface area contributed by atoms with Crippen molar-refractivity contribution in [3.8, 4) is 0 Å². The second kappa shape index (κ2) is 8.56. The van der Waals surface area contributed by atoms with Crippen molar-refractivity contribution in [3.05, 3.63) is 18.2 Å². The quantitative estimate of drug-likeness (QED) is 0.518. The van der Waals surface area contributed by atoms with Gasteiger partial charge in [-0.1, -0.05) is 0 Å². The Hall–Kier alpha value is -2.58. The minimum absolute atomic E-state index is 0.0361. The number of aromatic nitrogens is 2. The fraction of sp³-hybridized carbons (Fsp3) is 0.500. The largest absolute Gasteiger partial charge is 0.480 e. The number of hydrogen-bond donors (Lipinski definition) is 4. The number of nitrogens with zero attached hydrogens (tertiary/aromatic N) is 1. The zero-order valence-electron chi connectivity index (χ0n) is 11.6. The molecule has 0 aromatic carbocycles. The minimum atomic E-state index is -1.14. The lowest BCUT2D eigenvalue weighted by molar-refractivity contribution is -0.141. The molecule has 116 valence electrons. The van der Waals surface area contributed by atoms with Crippen molar-refractivity contribution in [3.63, 3.8) is 0 Å². The SMILES string of the molecule is CCOC(=O)NCCC(=O)N[C@H](Cc1cnc[nH]1)C(=O)O. The highest BCUT2D eigenvalue weighted by Crippen LogP contribution is 1.99. The van der Waals surface area contributed by atoms with Crippen LogP contribution in [0.5, 0.6) is 0 Å². The molecule has 4 N–H and O–H groups in total. The topological polar surface area (TPSA) is 133 Å². The van der Waals surface area contributed by atoms with E-state index in [1.54, 1.807) is 6.92 Å². The Bertz CT molecular complexity index is 474. The number of rotatable bonds is 8. The third-order valence-corrected chi connectivity index (χ3v) is 2.51. The minimum Gasteiger partial charge on any atom is -0.480 e. The van der Waals surface area contributed by atoms with Crippen LogP contribution in [0.15, 0.2) is 12.5 Å². The van der Waals surface area contributed by atoms with Gasteiger partial charge in [0.05, 0.1) is 12.9 Å². The number of H-pyrrole nitrogens is 1. The number of carbonyl (C=O) groups excluding carboxylic acids is 2. The molecule has 2 amide bonds. The van der Waals surface area contributed by atoms with Gasteiger partial charge in [0.15, 0.2) is 0 Å². The fourth-order valence-electron chi connectivity index (χ4n) is 1.54. The van der Waals surface area contributed by atoms with Gasteiger partial charge in [-0.3, -0.25) is 4.79 Å². The van der Waals surface area contributed by atoms with E-state index in [1.165, 1.54) is 12.5 Å². The predicted molar refractivity (Wildman–Crippen MR) is 71.5 cm³/mol. The molecule has 0 aliphatic heterocycles. The van der Waals surface area contributed by atoms with Crippen LogP contribution < -0.4 is 10.6 Å². The highest BCUT2D eigenvalue weighted by atomic mass is 16.5. The van der Waals surface area contributed by atoms with E-state index in [0.29, 0.717) is 5.69 Å². The molecule has 21 heavy (non-hydrogen) atoms. The van der Waals surface area contributed by atoms with Gasteiger partial charge in [0, 0.05) is 31.3 Å². The molecule has 1 rings (SSSR count). The smallest absolute Gasteiger partial charge is 0.407 e. The van der Waals surface area contributed by atoms with Crippen LogP contribution in [0.25, 0.3) is 0 Å². The standard InChI is InChI=1S/C12H18N4O5/c1-2-21-12(20)14-4-3-10(17)16-9(11(18)19)5-8-6-13-7-15-8/h6-7,9H,2-5H2,1H3,(H,13,15)(H,14,20)(H,16,17)(H,18,19)/t9-/m1/s1. The van der Waals surface area contributed by atoms with Gasteiger partial charge in [-0.2, -0.15) is 0 Å². The first-order valence-corrected chi connectivity index (χ1v) is 6.43. The van der Waals surface area contributed by atoms with Gasteiger partial charge in [-0.25, -0.2) is 14.6 Å². The fourth-order valence-corrected chi connectivity index (χ4v) is 1.54. The summed E-state index contributed by atoms with van der Waals surface area (Å²) in [7, 11) is 0. The number of amides is 2. The zero-order chi connectivity index (χ0) is 15.7. The predicted octanol–water partition coefficient (Wildman–Crippen LogP) is -0.342. The molecule has 0 aliphatic rings. The van der Waals surface area contributed by atoms with E-state index in [0.717, 1.165) is 0 Å². The summed E-state index contributed by atoms with van der Waals surface area (Å²) >= 11 is 0. The first-order valence-electron chi connectivity index (χ1n) is 6.43. The molecule has 9 nitrogen and oxygen atoms in total. The Morgan fingerprint density at radius 2 is 2.24 bits per heavy atom.